The number of anilines is 6. The number of hydrogen-bond donors (Lipinski definition) is 0. The third-order valence-electron chi connectivity index (χ3n) is 23.3. The monoisotopic (exact) mass is 1420 g/mol. The van der Waals surface area contributed by atoms with E-state index in [2.05, 4.69) is 449 Å². The average molecular weight is 1420 g/mol. The summed E-state index contributed by atoms with van der Waals surface area (Å²) in [6, 6.07) is 146. The van der Waals surface area contributed by atoms with Gasteiger partial charge in [-0.15, -0.1) is 0 Å². The van der Waals surface area contributed by atoms with E-state index >= 15 is 0 Å². The first-order chi connectivity index (χ1) is 54.7. The average Bonchev–Trinajstić information content (AvgIpc) is 1.55. The van der Waals surface area contributed by atoms with Crippen LogP contribution in [0.1, 0.15) is 57.0 Å². The van der Waals surface area contributed by atoms with Crippen LogP contribution in [0, 0.1) is 13.8 Å². The van der Waals surface area contributed by atoms with Crippen molar-refractivity contribution < 1.29 is 0 Å². The minimum absolute atomic E-state index is 0.503. The fraction of sp³-hybridized carbons (Fsp3) is 0.0459. The summed E-state index contributed by atoms with van der Waals surface area (Å²) in [5.74, 6) is 0. The molecule has 0 aliphatic heterocycles. The number of rotatable bonds is 17. The van der Waals surface area contributed by atoms with E-state index < -0.39 is 10.8 Å². The maximum Gasteiger partial charge on any atom is 0.0713 e. The van der Waals surface area contributed by atoms with Crippen LogP contribution in [0.3, 0.4) is 0 Å². The largest absolute Gasteiger partial charge is 0.310 e. The van der Waals surface area contributed by atoms with Gasteiger partial charge in [0.1, 0.15) is 0 Å². The molecule has 1 atom stereocenters. The van der Waals surface area contributed by atoms with E-state index in [0.717, 1.165) is 101 Å². The maximum absolute atomic E-state index is 4.88. The molecule has 17 aromatic rings. The first kappa shape index (κ1) is 67.7. The minimum Gasteiger partial charge on any atom is -0.310 e. The first-order valence-corrected chi connectivity index (χ1v) is 38.6. The highest BCUT2D eigenvalue weighted by Gasteiger charge is 2.48. The normalized spacial score (nSPS) is 13.8. The zero-order valence-electron chi connectivity index (χ0n) is 62.4. The molecule has 2 nitrogen and oxygen atoms in total. The molecule has 2 aliphatic carbocycles. The van der Waals surface area contributed by atoms with Gasteiger partial charge in [0.2, 0.25) is 0 Å². The zero-order chi connectivity index (χ0) is 74.6. The number of allylic oxidation sites excluding steroid dienone is 5. The van der Waals surface area contributed by atoms with Crippen LogP contribution in [0.25, 0.3) is 99.4 Å². The van der Waals surface area contributed by atoms with Crippen LogP contribution in [0.4, 0.5) is 34.1 Å². The van der Waals surface area contributed by atoms with Crippen molar-refractivity contribution in [1.29, 1.82) is 0 Å². The van der Waals surface area contributed by atoms with Crippen molar-refractivity contribution in [2.75, 3.05) is 9.80 Å². The van der Waals surface area contributed by atoms with Crippen molar-refractivity contribution in [1.82, 2.24) is 0 Å². The lowest BCUT2D eigenvalue weighted by atomic mass is 9.67. The summed E-state index contributed by atoms with van der Waals surface area (Å²) in [6.45, 7) is 11.5. The lowest BCUT2D eigenvalue weighted by molar-refractivity contribution is 0.769. The highest BCUT2D eigenvalue weighted by atomic mass is 15.2. The second-order valence-corrected chi connectivity index (χ2v) is 29.5. The Hall–Kier alpha value is -13.9. The molecule has 19 rings (SSSR count). The van der Waals surface area contributed by atoms with Gasteiger partial charge in [0.15, 0.2) is 0 Å². The molecule has 0 aromatic heterocycles. The molecule has 0 radical (unpaired) electrons. The molecule has 111 heavy (non-hydrogen) atoms. The fourth-order valence-electron chi connectivity index (χ4n) is 18.2. The number of nitrogens with zero attached hydrogens (tertiary/aromatic N) is 2. The fourth-order valence-corrected chi connectivity index (χ4v) is 18.2. The Morgan fingerprint density at radius 1 is 0.261 bits per heavy atom. The van der Waals surface area contributed by atoms with Crippen LogP contribution < -0.4 is 9.80 Å². The number of benzene rings is 17. The van der Waals surface area contributed by atoms with Crippen LogP contribution in [0.2, 0.25) is 0 Å². The predicted octanol–water partition coefficient (Wildman–Crippen LogP) is 29.3. The molecule has 0 spiro atoms. The summed E-state index contributed by atoms with van der Waals surface area (Å²) in [5.41, 5.74) is 34.0. The lowest BCUT2D eigenvalue weighted by Crippen LogP contribution is -2.28. The van der Waals surface area contributed by atoms with E-state index in [0.29, 0.717) is 0 Å². The smallest absolute Gasteiger partial charge is 0.0713 e. The van der Waals surface area contributed by atoms with Crippen molar-refractivity contribution in [2.24, 2.45) is 0 Å². The van der Waals surface area contributed by atoms with E-state index in [4.69, 9.17) is 6.58 Å². The molecule has 0 fully saturated rings. The molecule has 526 valence electrons. The molecule has 0 amide bonds. The van der Waals surface area contributed by atoms with Gasteiger partial charge in [0.05, 0.1) is 22.2 Å². The topological polar surface area (TPSA) is 6.48 Å². The molecule has 0 saturated carbocycles. The van der Waals surface area contributed by atoms with Gasteiger partial charge in [0.25, 0.3) is 0 Å². The summed E-state index contributed by atoms with van der Waals surface area (Å²) >= 11 is 0. The van der Waals surface area contributed by atoms with Crippen LogP contribution in [-0.4, -0.2) is 0 Å². The molecule has 2 aliphatic rings. The Kier molecular flexibility index (Phi) is 17.3. The van der Waals surface area contributed by atoms with E-state index in [9.17, 15) is 0 Å². The Balaban J connectivity index is 0.704. The molecule has 1 unspecified atom stereocenters. The van der Waals surface area contributed by atoms with Crippen LogP contribution in [-0.2, 0) is 10.8 Å². The summed E-state index contributed by atoms with van der Waals surface area (Å²) in [7, 11) is 0. The second-order valence-electron chi connectivity index (χ2n) is 29.5. The number of aryl methyl sites for hydroxylation is 2. The quantitative estimate of drug-likeness (QED) is 0.0839. The van der Waals surface area contributed by atoms with Crippen molar-refractivity contribution in [3.05, 3.63) is 481 Å². The van der Waals surface area contributed by atoms with Gasteiger partial charge in [-0.05, 0) is 250 Å². The van der Waals surface area contributed by atoms with E-state index in [-0.39, 0.29) is 0 Å². The standard InChI is InChI=1S/C109H80N2/c1-5-6-10-29-76(4)108(89-34-11-7-12-35-89)100-44-25-21-42-96(100)98-64-56-85(72-102(98)108)79-52-60-92(61-53-79)110(106-46-27-23-40-94(106)87-50-48-77-30-17-19-32-81(77)70-87)104-66-58-83(68-74(104)2)84-59-67-105(75(3)69-84)111(107-47-28-24-41-95(107)88-51-49-78-31-18-20-33-82(78)71-88)93-62-54-80(55-63-93)86-57-65-99-97-43-22-26-45-101(97)109(103(99)73-86,90-36-13-8-14-37-90)91-38-15-9-16-39-91/h5-73H,4H2,1-3H3/b6-5-,29-10-. The minimum atomic E-state index is -0.601. The zero-order valence-corrected chi connectivity index (χ0v) is 62.4. The number of fused-ring (bicyclic) bond motifs is 8. The van der Waals surface area contributed by atoms with Crippen molar-refractivity contribution in [2.45, 2.75) is 31.6 Å². The third-order valence-corrected chi connectivity index (χ3v) is 23.3. The maximum atomic E-state index is 4.88. The molecule has 2 heteroatoms. The number of para-hydroxylation sites is 2. The Bertz CT molecular complexity index is 6460. The lowest BCUT2D eigenvalue weighted by Gasteiger charge is -2.34. The third kappa shape index (κ3) is 11.6. The van der Waals surface area contributed by atoms with Crippen molar-refractivity contribution >= 4 is 55.7 Å². The summed E-state index contributed by atoms with van der Waals surface area (Å²) in [5, 5.41) is 4.85. The second kappa shape index (κ2) is 28.3. The van der Waals surface area contributed by atoms with Gasteiger partial charge < -0.3 is 9.80 Å². The van der Waals surface area contributed by atoms with Gasteiger partial charge in [-0.3, -0.25) is 0 Å². The molecular formula is C109H80N2. The van der Waals surface area contributed by atoms with Crippen LogP contribution in [0.5, 0.6) is 0 Å². The summed E-state index contributed by atoms with van der Waals surface area (Å²) in [6.07, 6.45) is 8.46. The van der Waals surface area contributed by atoms with Crippen molar-refractivity contribution in [3.8, 4) is 77.9 Å². The Morgan fingerprint density at radius 3 is 1.11 bits per heavy atom. The molecule has 0 saturated heterocycles. The SMILES string of the molecule is C=C(/C=C\C=C/C)C1(c2ccccc2)c2ccccc2-c2ccc(-c3ccc(N(c4ccc(-c5ccc(N(c6ccc(-c7ccc8c(c7)C(c7ccccc7)(c7ccccc7)c7ccccc7-8)cc6)c6ccccc6-c6ccc7ccccc7c6)c(C)c5)cc4C)c4ccccc4-c4ccc5ccccc5c4)cc3)cc21. The van der Waals surface area contributed by atoms with Gasteiger partial charge >= 0.3 is 0 Å². The predicted molar refractivity (Wildman–Crippen MR) is 470 cm³/mol. The number of hydrogen-bond acceptors (Lipinski definition) is 2. The van der Waals surface area contributed by atoms with Gasteiger partial charge in [-0.25, -0.2) is 0 Å². The van der Waals surface area contributed by atoms with Crippen LogP contribution >= 0.6 is 0 Å². The Labute approximate surface area is 651 Å². The molecular weight excluding hydrogens is 1340 g/mol. The molecule has 0 heterocycles. The summed E-state index contributed by atoms with van der Waals surface area (Å²) < 4.78 is 0. The van der Waals surface area contributed by atoms with Crippen LogP contribution in [0.15, 0.2) is 431 Å². The van der Waals surface area contributed by atoms with E-state index in [1.807, 2.05) is 0 Å². The highest BCUT2D eigenvalue weighted by Crippen LogP contribution is 2.59. The van der Waals surface area contributed by atoms with Crippen molar-refractivity contribution in [3.63, 3.8) is 0 Å². The molecule has 0 bridgehead atoms. The Morgan fingerprint density at radius 2 is 0.622 bits per heavy atom. The molecule has 17 aromatic carbocycles. The van der Waals surface area contributed by atoms with E-state index in [1.54, 1.807) is 0 Å². The summed E-state index contributed by atoms with van der Waals surface area (Å²) in [4.78, 5) is 4.93. The molecule has 0 N–H and O–H groups in total. The van der Waals surface area contributed by atoms with E-state index in [1.165, 1.54) is 88.3 Å². The first-order valence-electron chi connectivity index (χ1n) is 38.6. The van der Waals surface area contributed by atoms with Gasteiger partial charge in [-0.2, -0.15) is 0 Å². The van der Waals surface area contributed by atoms with Gasteiger partial charge in [0, 0.05) is 33.9 Å². The highest BCUT2D eigenvalue weighted by molar-refractivity contribution is 5.98. The van der Waals surface area contributed by atoms with Gasteiger partial charge in [-0.1, -0.05) is 340 Å².